The molecule has 5 heteroatoms. The van der Waals surface area contributed by atoms with Crippen LogP contribution in [0.15, 0.2) is 72.8 Å². The van der Waals surface area contributed by atoms with Crippen LogP contribution in [0.2, 0.25) is 0 Å². The van der Waals surface area contributed by atoms with Gasteiger partial charge in [0.15, 0.2) is 5.78 Å². The molecular formula is C27H25F3O2. The summed E-state index contributed by atoms with van der Waals surface area (Å²) in [7, 11) is 0. The van der Waals surface area contributed by atoms with Gasteiger partial charge >= 0.3 is 6.18 Å². The number of aryl methyl sites for hydroxylation is 1. The van der Waals surface area contributed by atoms with Crippen LogP contribution in [0.3, 0.4) is 0 Å². The second-order valence-electron chi connectivity index (χ2n) is 7.88. The van der Waals surface area contributed by atoms with Gasteiger partial charge in [-0.15, -0.1) is 0 Å². The van der Waals surface area contributed by atoms with Gasteiger partial charge in [0, 0.05) is 24.8 Å². The Balaban J connectivity index is 1.54. The molecule has 2 nitrogen and oxygen atoms in total. The van der Waals surface area contributed by atoms with Crippen LogP contribution >= 0.6 is 0 Å². The van der Waals surface area contributed by atoms with Crippen LogP contribution < -0.4 is 0 Å². The number of Topliss-reactive ketones (excluding diaryl/α,β-unsaturated/α-hetero) is 2. The molecule has 32 heavy (non-hydrogen) atoms. The van der Waals surface area contributed by atoms with Gasteiger partial charge in [-0.05, 0) is 47.2 Å². The molecule has 0 radical (unpaired) electrons. The summed E-state index contributed by atoms with van der Waals surface area (Å²) in [5.74, 6) is 0.0304. The van der Waals surface area contributed by atoms with Gasteiger partial charge in [-0.3, -0.25) is 9.59 Å². The molecule has 0 aromatic heterocycles. The number of hydrogen-bond donors (Lipinski definition) is 0. The van der Waals surface area contributed by atoms with Crippen molar-refractivity contribution in [2.45, 2.75) is 45.2 Å². The van der Waals surface area contributed by atoms with E-state index in [0.29, 0.717) is 24.8 Å². The van der Waals surface area contributed by atoms with Gasteiger partial charge in [0.1, 0.15) is 5.78 Å². The van der Waals surface area contributed by atoms with E-state index >= 15 is 0 Å². The number of alkyl halides is 3. The van der Waals surface area contributed by atoms with E-state index in [1.165, 1.54) is 6.07 Å². The molecule has 0 aliphatic rings. The van der Waals surface area contributed by atoms with Crippen LogP contribution in [0.4, 0.5) is 13.2 Å². The Morgan fingerprint density at radius 3 is 2.12 bits per heavy atom. The lowest BCUT2D eigenvalue weighted by atomic mass is 9.98. The molecule has 3 aromatic rings. The van der Waals surface area contributed by atoms with Crippen molar-refractivity contribution in [2.75, 3.05) is 0 Å². The summed E-state index contributed by atoms with van der Waals surface area (Å²) in [6.45, 7) is 1.85. The Morgan fingerprint density at radius 2 is 1.44 bits per heavy atom. The number of hydrogen-bond acceptors (Lipinski definition) is 2. The molecule has 0 atom stereocenters. The minimum absolute atomic E-state index is 0.00513. The summed E-state index contributed by atoms with van der Waals surface area (Å²) in [4.78, 5) is 24.1. The van der Waals surface area contributed by atoms with E-state index in [2.05, 4.69) is 0 Å². The van der Waals surface area contributed by atoms with Gasteiger partial charge in [-0.2, -0.15) is 13.2 Å². The zero-order chi connectivity index (χ0) is 23.1. The zero-order valence-corrected chi connectivity index (χ0v) is 17.9. The lowest BCUT2D eigenvalue weighted by Crippen LogP contribution is -2.08. The van der Waals surface area contributed by atoms with E-state index < -0.39 is 11.7 Å². The third-order valence-corrected chi connectivity index (χ3v) is 5.35. The second-order valence-corrected chi connectivity index (χ2v) is 7.88. The fourth-order valence-electron chi connectivity index (χ4n) is 3.58. The first-order chi connectivity index (χ1) is 15.2. The van der Waals surface area contributed by atoms with E-state index in [4.69, 9.17) is 0 Å². The smallest absolute Gasteiger partial charge is 0.299 e. The fraction of sp³-hybridized carbons (Fsp3) is 0.259. The Hall–Kier alpha value is -3.21. The Morgan fingerprint density at radius 1 is 0.781 bits per heavy atom. The highest BCUT2D eigenvalue weighted by Crippen LogP contribution is 2.29. The maximum absolute atomic E-state index is 12.8. The van der Waals surface area contributed by atoms with Gasteiger partial charge in [0.05, 0.1) is 5.56 Å². The van der Waals surface area contributed by atoms with Crippen LogP contribution in [-0.2, 0) is 30.2 Å². The molecule has 166 valence electrons. The monoisotopic (exact) mass is 438 g/mol. The zero-order valence-electron chi connectivity index (χ0n) is 17.9. The first kappa shape index (κ1) is 23.5. The average Bonchev–Trinajstić information content (AvgIpc) is 2.78. The molecule has 0 aliphatic carbocycles. The summed E-state index contributed by atoms with van der Waals surface area (Å²) in [6, 6.07) is 20.5. The summed E-state index contributed by atoms with van der Waals surface area (Å²) in [6.07, 6.45) is -2.41. The largest absolute Gasteiger partial charge is 0.416 e. The van der Waals surface area contributed by atoms with Gasteiger partial charge in [-0.1, -0.05) is 67.6 Å². The first-order valence-electron chi connectivity index (χ1n) is 10.6. The number of ketones is 2. The van der Waals surface area contributed by atoms with Crippen molar-refractivity contribution in [3.05, 3.63) is 106 Å². The maximum Gasteiger partial charge on any atom is 0.416 e. The number of rotatable bonds is 9. The molecule has 0 unspecified atom stereocenters. The van der Waals surface area contributed by atoms with Gasteiger partial charge in [0.2, 0.25) is 0 Å². The third-order valence-electron chi connectivity index (χ3n) is 5.35. The van der Waals surface area contributed by atoms with Crippen LogP contribution in [-0.4, -0.2) is 11.6 Å². The lowest BCUT2D eigenvalue weighted by molar-refractivity contribution is -0.137. The van der Waals surface area contributed by atoms with Gasteiger partial charge < -0.3 is 0 Å². The molecule has 0 fully saturated rings. The van der Waals surface area contributed by atoms with E-state index in [1.54, 1.807) is 6.07 Å². The molecule has 0 saturated carbocycles. The summed E-state index contributed by atoms with van der Waals surface area (Å²) in [5, 5.41) is 0. The van der Waals surface area contributed by atoms with Crippen molar-refractivity contribution in [3.8, 4) is 0 Å². The quantitative estimate of drug-likeness (QED) is 0.351. The summed E-state index contributed by atoms with van der Waals surface area (Å²) >= 11 is 0. The molecule has 0 saturated heterocycles. The standard InChI is InChI=1S/C27H25F3O2/c1-2-26(32)23-7-3-5-21(16-23)15-20-11-9-19(10-12-20)13-14-25(31)18-22-6-4-8-24(17-22)27(28,29)30/h3-12,16-17H,2,13-15,18H2,1H3. The van der Waals surface area contributed by atoms with Crippen molar-refractivity contribution in [2.24, 2.45) is 0 Å². The molecule has 0 bridgehead atoms. The van der Waals surface area contributed by atoms with Crippen molar-refractivity contribution in [1.29, 1.82) is 0 Å². The van der Waals surface area contributed by atoms with E-state index in [1.807, 2.05) is 55.5 Å². The number of benzene rings is 3. The minimum Gasteiger partial charge on any atom is -0.299 e. The molecule has 3 rings (SSSR count). The second kappa shape index (κ2) is 10.4. The highest BCUT2D eigenvalue weighted by molar-refractivity contribution is 5.96. The van der Waals surface area contributed by atoms with E-state index in [0.717, 1.165) is 34.4 Å². The van der Waals surface area contributed by atoms with E-state index in [-0.39, 0.29) is 24.4 Å². The normalized spacial score (nSPS) is 11.4. The molecule has 3 aromatic carbocycles. The highest BCUT2D eigenvalue weighted by Gasteiger charge is 2.30. The summed E-state index contributed by atoms with van der Waals surface area (Å²) in [5.41, 5.74) is 3.53. The molecule has 0 amide bonds. The predicted molar refractivity (Wildman–Crippen MR) is 119 cm³/mol. The topological polar surface area (TPSA) is 34.1 Å². The summed E-state index contributed by atoms with van der Waals surface area (Å²) < 4.78 is 38.4. The number of carbonyl (C=O) groups excluding carboxylic acids is 2. The van der Waals surface area contributed by atoms with Crippen LogP contribution in [0.25, 0.3) is 0 Å². The van der Waals surface area contributed by atoms with Crippen LogP contribution in [0.5, 0.6) is 0 Å². The minimum atomic E-state index is -4.41. The van der Waals surface area contributed by atoms with Gasteiger partial charge in [-0.25, -0.2) is 0 Å². The highest BCUT2D eigenvalue weighted by atomic mass is 19.4. The Kier molecular flexibility index (Phi) is 7.62. The molecule has 0 N–H and O–H groups in total. The molecule has 0 aliphatic heterocycles. The maximum atomic E-state index is 12.8. The average molecular weight is 438 g/mol. The Bertz CT molecular complexity index is 1080. The fourth-order valence-corrected chi connectivity index (χ4v) is 3.58. The van der Waals surface area contributed by atoms with Crippen LogP contribution in [0.1, 0.15) is 57.9 Å². The van der Waals surface area contributed by atoms with Crippen molar-refractivity contribution in [3.63, 3.8) is 0 Å². The van der Waals surface area contributed by atoms with Crippen molar-refractivity contribution >= 4 is 11.6 Å². The molecule has 0 heterocycles. The Labute approximate surface area is 186 Å². The van der Waals surface area contributed by atoms with Crippen LogP contribution in [0, 0.1) is 0 Å². The van der Waals surface area contributed by atoms with Gasteiger partial charge in [0.25, 0.3) is 0 Å². The lowest BCUT2D eigenvalue weighted by Gasteiger charge is -2.09. The molecular weight excluding hydrogens is 413 g/mol. The molecule has 0 spiro atoms. The SMILES string of the molecule is CCC(=O)c1cccc(Cc2ccc(CCC(=O)Cc3cccc(C(F)(F)F)c3)cc2)c1. The van der Waals surface area contributed by atoms with E-state index in [9.17, 15) is 22.8 Å². The number of carbonyl (C=O) groups is 2. The van der Waals surface area contributed by atoms with Crippen molar-refractivity contribution in [1.82, 2.24) is 0 Å². The van der Waals surface area contributed by atoms with Crippen molar-refractivity contribution < 1.29 is 22.8 Å². The first-order valence-corrected chi connectivity index (χ1v) is 10.6. The third kappa shape index (κ3) is 6.64. The predicted octanol–water partition coefficient (Wildman–Crippen LogP) is 6.63. The number of halogens is 3.